The lowest BCUT2D eigenvalue weighted by molar-refractivity contribution is 0.0774. The number of carbonyl (C=O) groups excluding carboxylic acids is 1. The van der Waals surface area contributed by atoms with Crippen LogP contribution in [0.5, 0.6) is 0 Å². The number of aliphatic hydroxyl groups is 1. The molecule has 0 bridgehead atoms. The minimum Gasteiger partial charge on any atom is -0.386 e. The molecular formula is C19H21O2. The first-order valence-corrected chi connectivity index (χ1v) is 7.13. The summed E-state index contributed by atoms with van der Waals surface area (Å²) in [5, 5.41) is 10.4. The van der Waals surface area contributed by atoms with Crippen molar-refractivity contribution < 1.29 is 9.90 Å². The summed E-state index contributed by atoms with van der Waals surface area (Å²) in [7, 11) is 0. The van der Waals surface area contributed by atoms with Crippen molar-refractivity contribution in [2.75, 3.05) is 0 Å². The van der Waals surface area contributed by atoms with E-state index >= 15 is 0 Å². The number of carbonyl (C=O) groups is 1. The lowest BCUT2D eigenvalue weighted by Crippen LogP contribution is -2.19. The molecule has 0 aromatic heterocycles. The Morgan fingerprint density at radius 1 is 1.14 bits per heavy atom. The van der Waals surface area contributed by atoms with Crippen LogP contribution in [0.15, 0.2) is 48.5 Å². The molecule has 109 valence electrons. The van der Waals surface area contributed by atoms with Gasteiger partial charge in [-0.25, -0.2) is 0 Å². The summed E-state index contributed by atoms with van der Waals surface area (Å²) in [4.78, 5) is 10.8. The highest BCUT2D eigenvalue weighted by molar-refractivity contribution is 5.74. The summed E-state index contributed by atoms with van der Waals surface area (Å²) in [5.41, 5.74) is 2.87. The van der Waals surface area contributed by atoms with E-state index in [4.69, 9.17) is 0 Å². The van der Waals surface area contributed by atoms with E-state index in [-0.39, 0.29) is 5.92 Å². The Morgan fingerprint density at radius 3 is 2.29 bits per heavy atom. The summed E-state index contributed by atoms with van der Waals surface area (Å²) in [5.74, 6) is 0.105. The van der Waals surface area contributed by atoms with Gasteiger partial charge in [0.05, 0.1) is 5.60 Å². The summed E-state index contributed by atoms with van der Waals surface area (Å²) < 4.78 is 0. The second-order valence-corrected chi connectivity index (χ2v) is 5.77. The number of benzene rings is 2. The van der Waals surface area contributed by atoms with Crippen LogP contribution in [0, 0.1) is 6.92 Å². The predicted molar refractivity (Wildman–Crippen MR) is 85.3 cm³/mol. The molecule has 2 nitrogen and oxygen atoms in total. The third-order valence-electron chi connectivity index (χ3n) is 3.76. The van der Waals surface area contributed by atoms with Gasteiger partial charge < -0.3 is 5.11 Å². The quantitative estimate of drug-likeness (QED) is 0.838. The highest BCUT2D eigenvalue weighted by Gasteiger charge is 2.24. The number of rotatable bonds is 5. The Balaban J connectivity index is 2.48. The van der Waals surface area contributed by atoms with E-state index in [9.17, 15) is 9.90 Å². The third-order valence-corrected chi connectivity index (χ3v) is 3.76. The van der Waals surface area contributed by atoms with Gasteiger partial charge in [-0.05, 0) is 37.0 Å². The Bertz CT molecular complexity index is 606. The Labute approximate surface area is 126 Å². The van der Waals surface area contributed by atoms with Crippen LogP contribution in [0.2, 0.25) is 0 Å². The molecule has 1 radical (unpaired) electrons. The lowest BCUT2D eigenvalue weighted by atomic mass is 9.82. The van der Waals surface area contributed by atoms with Gasteiger partial charge in [0.25, 0.3) is 0 Å². The fraction of sp³-hybridized carbons (Fsp3) is 0.263. The molecule has 0 saturated heterocycles. The van der Waals surface area contributed by atoms with Gasteiger partial charge in [0.2, 0.25) is 0 Å². The molecular weight excluding hydrogens is 260 g/mol. The summed E-state index contributed by atoms with van der Waals surface area (Å²) in [6.45, 7) is 7.64. The van der Waals surface area contributed by atoms with Crippen molar-refractivity contribution in [3.8, 4) is 0 Å². The molecule has 2 aromatic carbocycles. The molecule has 0 aliphatic rings. The molecule has 21 heavy (non-hydrogen) atoms. The van der Waals surface area contributed by atoms with Crippen LogP contribution in [-0.4, -0.2) is 11.4 Å². The molecule has 2 aromatic rings. The van der Waals surface area contributed by atoms with Crippen molar-refractivity contribution in [1.82, 2.24) is 0 Å². The van der Waals surface area contributed by atoms with E-state index in [1.807, 2.05) is 48.5 Å². The zero-order valence-corrected chi connectivity index (χ0v) is 12.5. The molecule has 1 atom stereocenters. The van der Waals surface area contributed by atoms with Gasteiger partial charge in [0.15, 0.2) is 0 Å². The molecule has 2 rings (SSSR count). The van der Waals surface area contributed by atoms with E-state index < -0.39 is 5.60 Å². The van der Waals surface area contributed by atoms with Gasteiger partial charge in [-0.3, -0.25) is 4.79 Å². The van der Waals surface area contributed by atoms with Gasteiger partial charge in [0, 0.05) is 11.5 Å². The number of hydrogen-bond acceptors (Lipinski definition) is 2. The highest BCUT2D eigenvalue weighted by atomic mass is 16.3. The minimum atomic E-state index is -0.896. The van der Waals surface area contributed by atoms with Gasteiger partial charge >= 0.3 is 0 Å². The molecule has 2 heteroatoms. The molecule has 1 unspecified atom stereocenters. The predicted octanol–water partition coefficient (Wildman–Crippen LogP) is 4.08. The van der Waals surface area contributed by atoms with Crippen LogP contribution in [0.1, 0.15) is 53.2 Å². The molecule has 0 saturated carbocycles. The van der Waals surface area contributed by atoms with Crippen molar-refractivity contribution in [3.63, 3.8) is 0 Å². The Hall–Kier alpha value is -1.93. The number of hydrogen-bond donors (Lipinski definition) is 1. The van der Waals surface area contributed by atoms with E-state index in [2.05, 4.69) is 6.92 Å². The zero-order chi connectivity index (χ0) is 15.5. The zero-order valence-electron chi connectivity index (χ0n) is 12.5. The topological polar surface area (TPSA) is 37.3 Å². The second-order valence-electron chi connectivity index (χ2n) is 5.77. The molecule has 0 amide bonds. The monoisotopic (exact) mass is 281 g/mol. The molecule has 0 heterocycles. The standard InChI is InChI=1S/C19H21O2/c1-4-16(15-11-9-14(13-20)10-12-15)17-7-5-6-8-18(17)19(2,3)21/h5-13,16,21H,1,4H2,2-3H3. The van der Waals surface area contributed by atoms with E-state index in [0.29, 0.717) is 12.0 Å². The molecule has 0 spiro atoms. The molecule has 1 N–H and O–H groups in total. The second kappa shape index (κ2) is 6.23. The SMILES string of the molecule is [CH2]CC(c1ccc(C=O)cc1)c1ccccc1C(C)(C)O. The average Bonchev–Trinajstić information content (AvgIpc) is 2.48. The Kier molecular flexibility index (Phi) is 4.59. The van der Waals surface area contributed by atoms with Crippen molar-refractivity contribution in [3.05, 3.63) is 77.7 Å². The van der Waals surface area contributed by atoms with Crippen LogP contribution < -0.4 is 0 Å². The van der Waals surface area contributed by atoms with Crippen molar-refractivity contribution in [2.45, 2.75) is 31.8 Å². The number of aldehydes is 1. The first-order valence-electron chi connectivity index (χ1n) is 7.13. The van der Waals surface area contributed by atoms with E-state index in [1.54, 1.807) is 13.8 Å². The fourth-order valence-corrected chi connectivity index (χ4v) is 2.67. The van der Waals surface area contributed by atoms with Crippen LogP contribution in [-0.2, 0) is 5.60 Å². The maximum Gasteiger partial charge on any atom is 0.150 e. The average molecular weight is 281 g/mol. The molecule has 0 aliphatic heterocycles. The normalized spacial score (nSPS) is 13.0. The van der Waals surface area contributed by atoms with Gasteiger partial charge in [-0.2, -0.15) is 0 Å². The minimum absolute atomic E-state index is 0.105. The van der Waals surface area contributed by atoms with Crippen molar-refractivity contribution in [1.29, 1.82) is 0 Å². The fourth-order valence-electron chi connectivity index (χ4n) is 2.67. The first kappa shape index (κ1) is 15.5. The smallest absolute Gasteiger partial charge is 0.150 e. The van der Waals surface area contributed by atoms with Gasteiger partial charge in [-0.15, -0.1) is 0 Å². The first-order chi connectivity index (χ1) is 9.97. The lowest BCUT2D eigenvalue weighted by Gasteiger charge is -2.26. The Morgan fingerprint density at radius 2 is 1.76 bits per heavy atom. The summed E-state index contributed by atoms with van der Waals surface area (Å²) in [6.07, 6.45) is 1.53. The third kappa shape index (κ3) is 3.40. The van der Waals surface area contributed by atoms with Crippen molar-refractivity contribution in [2.24, 2.45) is 0 Å². The highest BCUT2D eigenvalue weighted by Crippen LogP contribution is 2.34. The molecule has 0 fully saturated rings. The van der Waals surface area contributed by atoms with Gasteiger partial charge in [-0.1, -0.05) is 55.5 Å². The maximum absolute atomic E-state index is 10.8. The van der Waals surface area contributed by atoms with E-state index in [0.717, 1.165) is 23.0 Å². The van der Waals surface area contributed by atoms with Crippen LogP contribution in [0.4, 0.5) is 0 Å². The van der Waals surface area contributed by atoms with Gasteiger partial charge in [0.1, 0.15) is 6.29 Å². The summed E-state index contributed by atoms with van der Waals surface area (Å²) in [6, 6.07) is 15.5. The van der Waals surface area contributed by atoms with Crippen molar-refractivity contribution >= 4 is 6.29 Å². The van der Waals surface area contributed by atoms with Crippen LogP contribution >= 0.6 is 0 Å². The summed E-state index contributed by atoms with van der Waals surface area (Å²) >= 11 is 0. The molecule has 0 aliphatic carbocycles. The van der Waals surface area contributed by atoms with E-state index in [1.165, 1.54) is 0 Å². The largest absolute Gasteiger partial charge is 0.386 e. The van der Waals surface area contributed by atoms with Crippen LogP contribution in [0.3, 0.4) is 0 Å². The van der Waals surface area contributed by atoms with Crippen LogP contribution in [0.25, 0.3) is 0 Å². The maximum atomic E-state index is 10.8.